The van der Waals surface area contributed by atoms with Gasteiger partial charge in [0.25, 0.3) is 11.7 Å². The number of likely N-dealkylation sites (N-methyl/N-ethyl adjacent to an activating group) is 1. The van der Waals surface area contributed by atoms with Gasteiger partial charge in [-0.1, -0.05) is 11.6 Å². The molecule has 72 valence electrons. The first-order valence-electron chi connectivity index (χ1n) is 3.84. The number of amides is 1. The average molecular weight is 214 g/mol. The van der Waals surface area contributed by atoms with Crippen LogP contribution in [-0.4, -0.2) is 18.7 Å². The Morgan fingerprint density at radius 3 is 2.64 bits per heavy atom. The molecule has 14 heavy (non-hydrogen) atoms. The van der Waals surface area contributed by atoms with Gasteiger partial charge < -0.3 is 4.90 Å². The Morgan fingerprint density at radius 1 is 1.36 bits per heavy atom. The number of halogens is 2. The fourth-order valence-electron chi connectivity index (χ4n) is 1.37. The van der Waals surface area contributed by atoms with E-state index in [0.29, 0.717) is 5.69 Å². The van der Waals surface area contributed by atoms with Crippen LogP contribution < -0.4 is 4.90 Å². The van der Waals surface area contributed by atoms with E-state index in [-0.39, 0.29) is 10.6 Å². The lowest BCUT2D eigenvalue weighted by Gasteiger charge is -2.08. The minimum atomic E-state index is -0.696. The van der Waals surface area contributed by atoms with E-state index < -0.39 is 17.5 Å². The van der Waals surface area contributed by atoms with E-state index in [1.54, 1.807) is 0 Å². The third-order valence-corrected chi connectivity index (χ3v) is 2.43. The molecule has 0 spiro atoms. The normalized spacial score (nSPS) is 14.9. The van der Waals surface area contributed by atoms with Crippen molar-refractivity contribution >= 4 is 29.0 Å². The zero-order valence-corrected chi connectivity index (χ0v) is 7.93. The Hall–Kier alpha value is -1.42. The molecule has 1 aliphatic rings. The summed E-state index contributed by atoms with van der Waals surface area (Å²) in [6.07, 6.45) is 0. The molecule has 5 heteroatoms. The Balaban J connectivity index is 2.71. The number of rotatable bonds is 0. The number of fused-ring (bicyclic) bond motifs is 1. The highest BCUT2D eigenvalue weighted by atomic mass is 35.5. The van der Waals surface area contributed by atoms with Crippen LogP contribution in [0.1, 0.15) is 10.4 Å². The van der Waals surface area contributed by atoms with Crippen molar-refractivity contribution in [1.29, 1.82) is 0 Å². The number of hydrogen-bond acceptors (Lipinski definition) is 2. The minimum Gasteiger partial charge on any atom is -0.308 e. The van der Waals surface area contributed by atoms with Crippen LogP contribution in [0.5, 0.6) is 0 Å². The van der Waals surface area contributed by atoms with E-state index in [2.05, 4.69) is 0 Å². The predicted molar refractivity (Wildman–Crippen MR) is 49.2 cm³/mol. The molecule has 1 heterocycles. The van der Waals surface area contributed by atoms with Crippen LogP contribution >= 0.6 is 11.6 Å². The van der Waals surface area contributed by atoms with E-state index in [9.17, 15) is 14.0 Å². The highest BCUT2D eigenvalue weighted by molar-refractivity contribution is 6.52. The quantitative estimate of drug-likeness (QED) is 0.615. The lowest BCUT2D eigenvalue weighted by molar-refractivity contribution is -0.114. The molecule has 0 fully saturated rings. The van der Waals surface area contributed by atoms with E-state index in [1.807, 2.05) is 0 Å². The number of ketones is 1. The van der Waals surface area contributed by atoms with Crippen molar-refractivity contribution in [1.82, 2.24) is 0 Å². The molecule has 1 amide bonds. The van der Waals surface area contributed by atoms with Gasteiger partial charge in [-0.05, 0) is 12.1 Å². The molecule has 2 rings (SSSR count). The second-order valence-electron chi connectivity index (χ2n) is 2.98. The number of hydrogen-bond donors (Lipinski definition) is 0. The van der Waals surface area contributed by atoms with Crippen LogP contribution in [0.15, 0.2) is 12.1 Å². The molecule has 1 aromatic carbocycles. The molecule has 0 atom stereocenters. The first-order valence-corrected chi connectivity index (χ1v) is 4.21. The maximum absolute atomic E-state index is 13.0. The topological polar surface area (TPSA) is 37.4 Å². The smallest absolute Gasteiger partial charge is 0.299 e. The predicted octanol–water partition coefficient (Wildman–Crippen LogP) is 1.64. The van der Waals surface area contributed by atoms with Crippen LogP contribution in [-0.2, 0) is 4.79 Å². The second kappa shape index (κ2) is 2.78. The molecular weight excluding hydrogens is 209 g/mol. The number of anilines is 1. The monoisotopic (exact) mass is 213 g/mol. The Labute approximate surface area is 84.1 Å². The van der Waals surface area contributed by atoms with Gasteiger partial charge >= 0.3 is 0 Å². The zero-order chi connectivity index (χ0) is 10.5. The zero-order valence-electron chi connectivity index (χ0n) is 7.17. The lowest BCUT2D eigenvalue weighted by Crippen LogP contribution is -2.24. The molecule has 0 N–H and O–H groups in total. The molecule has 0 saturated carbocycles. The molecule has 0 aromatic heterocycles. The van der Waals surface area contributed by atoms with Crippen molar-refractivity contribution in [2.45, 2.75) is 0 Å². The molecule has 0 bridgehead atoms. The van der Waals surface area contributed by atoms with Crippen molar-refractivity contribution in [2.24, 2.45) is 0 Å². The maximum atomic E-state index is 13.0. The van der Waals surface area contributed by atoms with Gasteiger partial charge in [0.2, 0.25) is 0 Å². The van der Waals surface area contributed by atoms with Gasteiger partial charge in [0, 0.05) is 7.05 Å². The third-order valence-electron chi connectivity index (χ3n) is 2.14. The fraction of sp³-hybridized carbons (Fsp3) is 0.111. The summed E-state index contributed by atoms with van der Waals surface area (Å²) in [7, 11) is 1.44. The third kappa shape index (κ3) is 1.04. The fourth-order valence-corrected chi connectivity index (χ4v) is 1.53. The molecule has 3 nitrogen and oxygen atoms in total. The van der Waals surface area contributed by atoms with Crippen molar-refractivity contribution in [3.8, 4) is 0 Å². The summed E-state index contributed by atoms with van der Waals surface area (Å²) in [5.41, 5.74) is 0.422. The largest absolute Gasteiger partial charge is 0.308 e. The summed E-state index contributed by atoms with van der Waals surface area (Å²) in [4.78, 5) is 23.6. The molecule has 0 saturated heterocycles. The van der Waals surface area contributed by atoms with Crippen molar-refractivity contribution in [2.75, 3.05) is 11.9 Å². The molecule has 0 unspecified atom stereocenters. The van der Waals surface area contributed by atoms with Gasteiger partial charge in [-0.15, -0.1) is 0 Å². The van der Waals surface area contributed by atoms with Gasteiger partial charge in [0.1, 0.15) is 5.82 Å². The summed E-state index contributed by atoms with van der Waals surface area (Å²) in [6, 6.07) is 2.26. The summed E-state index contributed by atoms with van der Waals surface area (Å²) in [5.74, 6) is -2.05. The second-order valence-corrected chi connectivity index (χ2v) is 3.38. The van der Waals surface area contributed by atoms with E-state index in [1.165, 1.54) is 13.1 Å². The molecular formula is C9H5ClFNO2. The summed E-state index contributed by atoms with van der Waals surface area (Å²) >= 11 is 5.53. The highest BCUT2D eigenvalue weighted by Crippen LogP contribution is 2.31. The highest BCUT2D eigenvalue weighted by Gasteiger charge is 2.34. The first kappa shape index (κ1) is 9.15. The molecule has 1 aromatic rings. The summed E-state index contributed by atoms with van der Waals surface area (Å²) < 4.78 is 13.0. The first-order chi connectivity index (χ1) is 6.52. The van der Waals surface area contributed by atoms with Crippen LogP contribution in [0.2, 0.25) is 5.02 Å². The van der Waals surface area contributed by atoms with E-state index in [0.717, 1.165) is 11.0 Å². The summed E-state index contributed by atoms with van der Waals surface area (Å²) in [6.45, 7) is 0. The summed E-state index contributed by atoms with van der Waals surface area (Å²) in [5, 5.41) is -0.0990. The SMILES string of the molecule is CN1C(=O)C(=O)c2cc(F)c(Cl)cc21. The number of benzene rings is 1. The lowest BCUT2D eigenvalue weighted by atomic mass is 10.1. The number of carbonyl (C=O) groups excluding carboxylic acids is 2. The molecule has 0 radical (unpaired) electrons. The van der Waals surface area contributed by atoms with Crippen LogP contribution in [0.25, 0.3) is 0 Å². The van der Waals surface area contributed by atoms with Crippen LogP contribution in [0.4, 0.5) is 10.1 Å². The van der Waals surface area contributed by atoms with Gasteiger partial charge in [-0.2, -0.15) is 0 Å². The number of Topliss-reactive ketones (excluding diaryl/α,β-unsaturated/α-hetero) is 1. The Bertz CT molecular complexity index is 458. The average Bonchev–Trinajstić information content (AvgIpc) is 2.34. The number of nitrogens with zero attached hydrogens (tertiary/aromatic N) is 1. The van der Waals surface area contributed by atoms with E-state index in [4.69, 9.17) is 11.6 Å². The standard InChI is InChI=1S/C9H5ClFNO2/c1-12-7-3-5(10)6(11)2-4(7)8(13)9(12)14/h2-3H,1H3. The van der Waals surface area contributed by atoms with Crippen molar-refractivity contribution < 1.29 is 14.0 Å². The van der Waals surface area contributed by atoms with Crippen molar-refractivity contribution in [3.05, 3.63) is 28.5 Å². The Morgan fingerprint density at radius 2 is 2.00 bits per heavy atom. The molecule has 1 aliphatic heterocycles. The molecule has 0 aliphatic carbocycles. The van der Waals surface area contributed by atoms with Gasteiger partial charge in [-0.25, -0.2) is 4.39 Å². The minimum absolute atomic E-state index is 0.0689. The van der Waals surface area contributed by atoms with Gasteiger partial charge in [0.15, 0.2) is 0 Å². The number of carbonyl (C=O) groups is 2. The van der Waals surface area contributed by atoms with Crippen LogP contribution in [0.3, 0.4) is 0 Å². The van der Waals surface area contributed by atoms with Gasteiger partial charge in [-0.3, -0.25) is 9.59 Å². The van der Waals surface area contributed by atoms with Crippen LogP contribution in [0, 0.1) is 5.82 Å². The van der Waals surface area contributed by atoms with Crippen molar-refractivity contribution in [3.63, 3.8) is 0 Å². The van der Waals surface area contributed by atoms with E-state index >= 15 is 0 Å². The maximum Gasteiger partial charge on any atom is 0.299 e. The van der Waals surface area contributed by atoms with Gasteiger partial charge in [0.05, 0.1) is 16.3 Å². The Kier molecular flexibility index (Phi) is 1.82.